The van der Waals surface area contributed by atoms with Gasteiger partial charge < -0.3 is 4.90 Å². The molecule has 0 saturated heterocycles. The van der Waals surface area contributed by atoms with Gasteiger partial charge in [-0.15, -0.1) is 10.2 Å². The van der Waals surface area contributed by atoms with Gasteiger partial charge in [0.25, 0.3) is 0 Å². The summed E-state index contributed by atoms with van der Waals surface area (Å²) in [7, 11) is 0. The highest BCUT2D eigenvalue weighted by molar-refractivity contribution is 5.82. The van der Waals surface area contributed by atoms with Gasteiger partial charge in [-0.25, -0.2) is 4.39 Å². The number of aromatic nitrogens is 5. The van der Waals surface area contributed by atoms with Crippen molar-refractivity contribution in [2.75, 3.05) is 0 Å². The quantitative estimate of drug-likeness (QED) is 0.770. The van der Waals surface area contributed by atoms with E-state index < -0.39 is 6.04 Å². The average molecular weight is 366 g/mol. The van der Waals surface area contributed by atoms with E-state index in [9.17, 15) is 9.18 Å². The molecule has 5 rings (SSSR count). The Hall–Kier alpha value is -3.03. The van der Waals surface area contributed by atoms with Crippen molar-refractivity contribution in [3.8, 4) is 11.5 Å². The van der Waals surface area contributed by atoms with Gasteiger partial charge in [0.05, 0.1) is 6.54 Å². The average Bonchev–Trinajstić information content (AvgIpc) is 3.23. The summed E-state index contributed by atoms with van der Waals surface area (Å²) in [5.74, 6) is 1.55. The summed E-state index contributed by atoms with van der Waals surface area (Å²) in [4.78, 5) is 14.6. The van der Waals surface area contributed by atoms with E-state index in [0.29, 0.717) is 36.4 Å². The molecule has 1 fully saturated rings. The number of halogens is 1. The molecular weight excluding hydrogens is 347 g/mol. The van der Waals surface area contributed by atoms with Gasteiger partial charge in [-0.3, -0.25) is 14.5 Å². The van der Waals surface area contributed by atoms with Crippen molar-refractivity contribution in [2.45, 2.75) is 44.8 Å². The first-order valence-corrected chi connectivity index (χ1v) is 9.13. The predicted molar refractivity (Wildman–Crippen MR) is 94.9 cm³/mol. The number of nitrogens with one attached hydrogen (secondary N) is 1. The number of carbonyl (C=O) groups excluding carboxylic acids is 1. The van der Waals surface area contributed by atoms with Gasteiger partial charge in [-0.2, -0.15) is 5.10 Å². The van der Waals surface area contributed by atoms with Gasteiger partial charge in [0.1, 0.15) is 17.6 Å². The summed E-state index contributed by atoms with van der Waals surface area (Å²) in [5, 5.41) is 16.0. The van der Waals surface area contributed by atoms with Crippen LogP contribution in [0.25, 0.3) is 11.5 Å². The van der Waals surface area contributed by atoms with Crippen LogP contribution in [0, 0.1) is 5.82 Å². The zero-order valence-corrected chi connectivity index (χ0v) is 14.9. The first kappa shape index (κ1) is 16.2. The van der Waals surface area contributed by atoms with Crippen LogP contribution in [0.3, 0.4) is 0 Å². The number of rotatable bonds is 4. The second-order valence-electron chi connectivity index (χ2n) is 7.29. The first-order valence-electron chi connectivity index (χ1n) is 9.13. The number of H-pyrrole nitrogens is 1. The zero-order valence-electron chi connectivity index (χ0n) is 14.9. The lowest BCUT2D eigenvalue weighted by Gasteiger charge is -2.32. The molecule has 138 valence electrons. The third kappa shape index (κ3) is 2.81. The van der Waals surface area contributed by atoms with Crippen molar-refractivity contribution in [2.24, 2.45) is 0 Å². The van der Waals surface area contributed by atoms with Gasteiger partial charge in [0.2, 0.25) is 5.91 Å². The SMILES string of the molecule is C[C@H]1C(=O)N(Cc2cccc(F)c2)Cc2nnc(-c3cc(C4CC4)[nH]n3)n21. The second kappa shape index (κ2) is 6.00. The molecule has 1 saturated carbocycles. The number of hydrogen-bond acceptors (Lipinski definition) is 4. The van der Waals surface area contributed by atoms with Crippen LogP contribution in [-0.2, 0) is 17.9 Å². The number of carbonyl (C=O) groups is 1. The molecule has 7 nitrogen and oxygen atoms in total. The molecule has 1 N–H and O–H groups in total. The van der Waals surface area contributed by atoms with Crippen LogP contribution in [0.4, 0.5) is 4.39 Å². The summed E-state index contributed by atoms with van der Waals surface area (Å²) >= 11 is 0. The van der Waals surface area contributed by atoms with Crippen LogP contribution in [0.2, 0.25) is 0 Å². The zero-order chi connectivity index (χ0) is 18.5. The minimum absolute atomic E-state index is 0.0363. The van der Waals surface area contributed by atoms with Crippen LogP contribution < -0.4 is 0 Å². The van der Waals surface area contributed by atoms with Crippen molar-refractivity contribution in [1.29, 1.82) is 0 Å². The molecule has 27 heavy (non-hydrogen) atoms. The second-order valence-corrected chi connectivity index (χ2v) is 7.29. The molecular formula is C19H19FN6O. The maximum atomic E-state index is 13.4. The Bertz CT molecular complexity index is 1020. The van der Waals surface area contributed by atoms with E-state index >= 15 is 0 Å². The van der Waals surface area contributed by atoms with Crippen molar-refractivity contribution >= 4 is 5.91 Å². The maximum Gasteiger partial charge on any atom is 0.246 e. The van der Waals surface area contributed by atoms with Gasteiger partial charge in [-0.1, -0.05) is 12.1 Å². The molecule has 1 amide bonds. The Morgan fingerprint density at radius 1 is 1.26 bits per heavy atom. The van der Waals surface area contributed by atoms with Crippen molar-refractivity contribution < 1.29 is 9.18 Å². The van der Waals surface area contributed by atoms with Gasteiger partial charge >= 0.3 is 0 Å². The molecule has 0 bridgehead atoms. The van der Waals surface area contributed by atoms with Crippen molar-refractivity contribution in [3.05, 3.63) is 53.2 Å². The molecule has 3 heterocycles. The fourth-order valence-corrected chi connectivity index (χ4v) is 3.68. The fourth-order valence-electron chi connectivity index (χ4n) is 3.68. The van der Waals surface area contributed by atoms with Crippen molar-refractivity contribution in [3.63, 3.8) is 0 Å². The molecule has 1 aliphatic heterocycles. The van der Waals surface area contributed by atoms with E-state index in [0.717, 1.165) is 11.3 Å². The Morgan fingerprint density at radius 2 is 2.11 bits per heavy atom. The molecule has 8 heteroatoms. The summed E-state index contributed by atoms with van der Waals surface area (Å²) in [5.41, 5.74) is 2.59. The molecule has 1 aliphatic carbocycles. The van der Waals surface area contributed by atoms with Crippen LogP contribution in [-0.4, -0.2) is 35.8 Å². The highest BCUT2D eigenvalue weighted by atomic mass is 19.1. The normalized spacial score (nSPS) is 19.4. The lowest BCUT2D eigenvalue weighted by molar-refractivity contribution is -0.137. The van der Waals surface area contributed by atoms with E-state index in [1.165, 1.54) is 25.0 Å². The topological polar surface area (TPSA) is 79.7 Å². The Balaban J connectivity index is 1.44. The molecule has 1 aromatic carbocycles. The van der Waals surface area contributed by atoms with Crippen LogP contribution in [0.15, 0.2) is 30.3 Å². The fraction of sp³-hybridized carbons (Fsp3) is 0.368. The Kier molecular flexibility index (Phi) is 3.60. The predicted octanol–water partition coefficient (Wildman–Crippen LogP) is 2.79. The minimum Gasteiger partial charge on any atom is -0.329 e. The first-order chi connectivity index (χ1) is 13.1. The maximum absolute atomic E-state index is 13.4. The van der Waals surface area contributed by atoms with E-state index in [1.807, 2.05) is 23.6 Å². The number of hydrogen-bond donors (Lipinski definition) is 1. The molecule has 0 spiro atoms. The van der Waals surface area contributed by atoms with Crippen molar-refractivity contribution in [1.82, 2.24) is 29.9 Å². The highest BCUT2D eigenvalue weighted by Gasteiger charge is 2.34. The third-order valence-electron chi connectivity index (χ3n) is 5.26. The van der Waals surface area contributed by atoms with Gasteiger partial charge in [0.15, 0.2) is 11.6 Å². The van der Waals surface area contributed by atoms with E-state index in [2.05, 4.69) is 20.4 Å². The van der Waals surface area contributed by atoms with E-state index in [4.69, 9.17) is 0 Å². The minimum atomic E-state index is -0.437. The van der Waals surface area contributed by atoms with Gasteiger partial charge in [-0.05, 0) is 43.5 Å². The number of fused-ring (bicyclic) bond motifs is 1. The van der Waals surface area contributed by atoms with Crippen LogP contribution in [0.5, 0.6) is 0 Å². The van der Waals surface area contributed by atoms with E-state index in [-0.39, 0.29) is 11.7 Å². The highest BCUT2D eigenvalue weighted by Crippen LogP contribution is 2.40. The lowest BCUT2D eigenvalue weighted by Crippen LogP contribution is -2.41. The molecule has 3 aromatic rings. The van der Waals surface area contributed by atoms with E-state index in [1.54, 1.807) is 11.0 Å². The summed E-state index contributed by atoms with van der Waals surface area (Å²) in [6.07, 6.45) is 2.37. The molecule has 0 unspecified atom stereocenters. The van der Waals surface area contributed by atoms with Crippen LogP contribution in [0.1, 0.15) is 48.8 Å². The Labute approximate surface area is 155 Å². The largest absolute Gasteiger partial charge is 0.329 e. The standard InChI is InChI=1S/C19H19FN6O/c1-11-19(27)25(9-12-3-2-4-14(20)7-12)10-17-23-24-18(26(11)17)16-8-15(21-22-16)13-5-6-13/h2-4,7-8,11,13H,5-6,9-10H2,1H3,(H,21,22)/t11-/m0/s1. The number of benzene rings is 1. The number of aromatic amines is 1. The van der Waals surface area contributed by atoms with Crippen LogP contribution >= 0.6 is 0 Å². The lowest BCUT2D eigenvalue weighted by atomic mass is 10.1. The Morgan fingerprint density at radius 3 is 2.89 bits per heavy atom. The molecule has 2 aliphatic rings. The van der Waals surface area contributed by atoms with Gasteiger partial charge in [0, 0.05) is 18.2 Å². The number of amides is 1. The smallest absolute Gasteiger partial charge is 0.246 e. The molecule has 1 atom stereocenters. The third-order valence-corrected chi connectivity index (χ3v) is 5.26. The summed E-state index contributed by atoms with van der Waals surface area (Å²) in [6, 6.07) is 7.88. The monoisotopic (exact) mass is 366 g/mol. The molecule has 0 radical (unpaired) electrons. The summed E-state index contributed by atoms with van der Waals surface area (Å²) < 4.78 is 15.3. The summed E-state index contributed by atoms with van der Waals surface area (Å²) in [6.45, 7) is 2.52. The number of nitrogens with zero attached hydrogens (tertiary/aromatic N) is 5. The molecule has 2 aromatic heterocycles.